The summed E-state index contributed by atoms with van der Waals surface area (Å²) in [7, 11) is -3.53. The Bertz CT molecular complexity index is 1160. The number of sulfonamides is 1. The van der Waals surface area contributed by atoms with Crippen LogP contribution in [0.25, 0.3) is 0 Å². The van der Waals surface area contributed by atoms with E-state index in [-0.39, 0.29) is 24.8 Å². The van der Waals surface area contributed by atoms with E-state index < -0.39 is 21.6 Å². The van der Waals surface area contributed by atoms with Crippen LogP contribution in [0.5, 0.6) is 0 Å². The molecule has 0 aliphatic carbocycles. The normalized spacial score (nSPS) is 12.6. The van der Waals surface area contributed by atoms with E-state index in [1.54, 1.807) is 4.90 Å². The van der Waals surface area contributed by atoms with Crippen LogP contribution in [0.15, 0.2) is 42.5 Å². The summed E-state index contributed by atoms with van der Waals surface area (Å²) >= 11 is 0. The van der Waals surface area contributed by atoms with Crippen molar-refractivity contribution in [1.82, 2.24) is 10.2 Å². The van der Waals surface area contributed by atoms with E-state index in [0.29, 0.717) is 25.1 Å². The average molecular weight is 530 g/mol. The third kappa shape index (κ3) is 9.50. The van der Waals surface area contributed by atoms with Crippen molar-refractivity contribution >= 4 is 27.5 Å². The first-order valence-electron chi connectivity index (χ1n) is 12.8. The number of rotatable bonds is 11. The second kappa shape index (κ2) is 12.6. The fourth-order valence-electron chi connectivity index (χ4n) is 4.36. The second-order valence-electron chi connectivity index (χ2n) is 11.0. The first kappa shape index (κ1) is 30.4. The van der Waals surface area contributed by atoms with Crippen LogP contribution in [0.2, 0.25) is 0 Å². The highest BCUT2D eigenvalue weighted by molar-refractivity contribution is 7.92. The van der Waals surface area contributed by atoms with Gasteiger partial charge in [0.05, 0.1) is 11.9 Å². The van der Waals surface area contributed by atoms with E-state index in [1.165, 1.54) is 10.6 Å². The zero-order valence-electron chi connectivity index (χ0n) is 23.6. The lowest BCUT2D eigenvalue weighted by molar-refractivity contribution is -0.142. The molecule has 0 bridgehead atoms. The lowest BCUT2D eigenvalue weighted by atomic mass is 10.0. The van der Waals surface area contributed by atoms with Gasteiger partial charge in [-0.1, -0.05) is 42.8 Å². The first-order chi connectivity index (χ1) is 17.1. The van der Waals surface area contributed by atoms with Gasteiger partial charge in [-0.05, 0) is 83.2 Å². The number of hydrogen-bond donors (Lipinski definition) is 1. The largest absolute Gasteiger partial charge is 0.350 e. The van der Waals surface area contributed by atoms with E-state index in [2.05, 4.69) is 5.32 Å². The second-order valence-corrected chi connectivity index (χ2v) is 12.9. The topological polar surface area (TPSA) is 86.8 Å². The van der Waals surface area contributed by atoms with Crippen LogP contribution in [0.4, 0.5) is 5.69 Å². The molecule has 1 atom stereocenters. The van der Waals surface area contributed by atoms with Crippen LogP contribution >= 0.6 is 0 Å². The minimum atomic E-state index is -3.53. The number of nitrogens with zero attached hydrogens (tertiary/aromatic N) is 2. The van der Waals surface area contributed by atoms with Crippen molar-refractivity contribution < 1.29 is 18.0 Å². The molecule has 7 nitrogen and oxygen atoms in total. The van der Waals surface area contributed by atoms with Gasteiger partial charge in [0.1, 0.15) is 6.04 Å². The zero-order valence-corrected chi connectivity index (χ0v) is 24.4. The van der Waals surface area contributed by atoms with Crippen LogP contribution in [0, 0.1) is 20.8 Å². The maximum absolute atomic E-state index is 13.5. The van der Waals surface area contributed by atoms with Crippen LogP contribution in [-0.4, -0.2) is 49.5 Å². The molecule has 2 amide bonds. The van der Waals surface area contributed by atoms with E-state index in [4.69, 9.17) is 0 Å². The molecular weight excluding hydrogens is 486 g/mol. The number of carbonyl (C=O) groups is 2. The highest BCUT2D eigenvalue weighted by Gasteiger charge is 2.30. The van der Waals surface area contributed by atoms with Crippen molar-refractivity contribution in [2.45, 2.75) is 85.9 Å². The summed E-state index contributed by atoms with van der Waals surface area (Å²) < 4.78 is 26.5. The Morgan fingerprint density at radius 1 is 0.946 bits per heavy atom. The number of hydrogen-bond acceptors (Lipinski definition) is 4. The molecule has 0 aromatic heterocycles. The smallest absolute Gasteiger partial charge is 0.243 e. The SMILES string of the molecule is CC[C@H](C(=O)NC(C)(C)C)N(Cc1ccc(C)cc1)C(=O)CCCN(c1cc(C)cc(C)c1)S(C)(=O)=O. The van der Waals surface area contributed by atoms with Gasteiger partial charge in [0.25, 0.3) is 0 Å². The molecule has 0 spiro atoms. The first-order valence-corrected chi connectivity index (χ1v) is 14.7. The molecule has 0 saturated heterocycles. The third-order valence-electron chi connectivity index (χ3n) is 6.00. The number of nitrogens with one attached hydrogen (secondary N) is 1. The summed E-state index contributed by atoms with van der Waals surface area (Å²) in [6.07, 6.45) is 2.11. The van der Waals surface area contributed by atoms with Gasteiger partial charge in [-0.25, -0.2) is 8.42 Å². The van der Waals surface area contributed by atoms with Crippen molar-refractivity contribution in [3.63, 3.8) is 0 Å². The van der Waals surface area contributed by atoms with Crippen molar-refractivity contribution in [3.8, 4) is 0 Å². The van der Waals surface area contributed by atoms with E-state index in [0.717, 1.165) is 22.3 Å². The molecule has 2 aromatic carbocycles. The Morgan fingerprint density at radius 3 is 2.00 bits per heavy atom. The summed E-state index contributed by atoms with van der Waals surface area (Å²) in [6, 6.07) is 12.9. The van der Waals surface area contributed by atoms with Gasteiger partial charge in [0.15, 0.2) is 0 Å². The van der Waals surface area contributed by atoms with E-state index >= 15 is 0 Å². The molecule has 8 heteroatoms. The number of amides is 2. The Hall–Kier alpha value is -2.87. The Labute approximate surface area is 223 Å². The number of aryl methyl sites for hydroxylation is 3. The molecule has 0 radical (unpaired) electrons. The van der Waals surface area contributed by atoms with Crippen LogP contribution in [0.1, 0.15) is 69.2 Å². The quantitative estimate of drug-likeness (QED) is 0.449. The van der Waals surface area contributed by atoms with Crippen LogP contribution in [-0.2, 0) is 26.2 Å². The van der Waals surface area contributed by atoms with Gasteiger partial charge in [-0.3, -0.25) is 13.9 Å². The van der Waals surface area contributed by atoms with Crippen molar-refractivity contribution in [3.05, 3.63) is 64.7 Å². The van der Waals surface area contributed by atoms with Gasteiger partial charge in [0.2, 0.25) is 21.8 Å². The van der Waals surface area contributed by atoms with Gasteiger partial charge in [-0.15, -0.1) is 0 Å². The predicted octanol–water partition coefficient (Wildman–Crippen LogP) is 4.88. The number of anilines is 1. The summed E-state index contributed by atoms with van der Waals surface area (Å²) in [5.74, 6) is -0.367. The minimum Gasteiger partial charge on any atom is -0.350 e. The molecule has 0 aliphatic rings. The lowest BCUT2D eigenvalue weighted by Crippen LogP contribution is -2.53. The fourth-order valence-corrected chi connectivity index (χ4v) is 5.31. The van der Waals surface area contributed by atoms with Crippen LogP contribution in [0.3, 0.4) is 0 Å². The molecule has 0 saturated carbocycles. The standard InChI is InChI=1S/C29H43N3O4S/c1-9-26(28(34)30-29(5,6)7)31(20-24-14-12-21(2)13-15-24)27(33)11-10-16-32(37(8,35)36)25-18-22(3)17-23(4)19-25/h12-15,17-19,26H,9-11,16,20H2,1-8H3,(H,30,34)/t26-/m1/s1. The third-order valence-corrected chi connectivity index (χ3v) is 7.20. The molecule has 2 rings (SSSR count). The molecule has 37 heavy (non-hydrogen) atoms. The maximum Gasteiger partial charge on any atom is 0.243 e. The molecule has 1 N–H and O–H groups in total. The summed E-state index contributed by atoms with van der Waals surface area (Å²) in [4.78, 5) is 28.3. The van der Waals surface area contributed by atoms with Gasteiger partial charge < -0.3 is 10.2 Å². The number of carbonyl (C=O) groups excluding carboxylic acids is 2. The molecule has 0 aliphatic heterocycles. The molecule has 0 heterocycles. The average Bonchev–Trinajstić information content (AvgIpc) is 2.75. The van der Waals surface area contributed by atoms with Gasteiger partial charge in [0, 0.05) is 25.0 Å². The minimum absolute atomic E-state index is 0.127. The van der Waals surface area contributed by atoms with Crippen LogP contribution < -0.4 is 9.62 Å². The number of benzene rings is 2. The summed E-state index contributed by atoms with van der Waals surface area (Å²) in [5, 5.41) is 3.01. The molecular formula is C29H43N3O4S. The predicted molar refractivity (Wildman–Crippen MR) is 151 cm³/mol. The Kier molecular flexibility index (Phi) is 10.3. The van der Waals surface area contributed by atoms with Gasteiger partial charge in [-0.2, -0.15) is 0 Å². The Morgan fingerprint density at radius 2 is 1.51 bits per heavy atom. The van der Waals surface area contributed by atoms with Crippen molar-refractivity contribution in [2.75, 3.05) is 17.1 Å². The molecule has 204 valence electrons. The lowest BCUT2D eigenvalue weighted by Gasteiger charge is -2.33. The summed E-state index contributed by atoms with van der Waals surface area (Å²) in [6.45, 7) is 14.0. The fraction of sp³-hybridized carbons (Fsp3) is 0.517. The van der Waals surface area contributed by atoms with Crippen molar-refractivity contribution in [1.29, 1.82) is 0 Å². The van der Waals surface area contributed by atoms with E-state index in [9.17, 15) is 18.0 Å². The maximum atomic E-state index is 13.5. The van der Waals surface area contributed by atoms with Crippen molar-refractivity contribution in [2.24, 2.45) is 0 Å². The molecule has 2 aromatic rings. The Balaban J connectivity index is 2.26. The highest BCUT2D eigenvalue weighted by atomic mass is 32.2. The monoisotopic (exact) mass is 529 g/mol. The van der Waals surface area contributed by atoms with Gasteiger partial charge >= 0.3 is 0 Å². The zero-order chi connectivity index (χ0) is 28.0. The molecule has 0 unspecified atom stereocenters. The molecule has 0 fully saturated rings. The van der Waals surface area contributed by atoms with E-state index in [1.807, 2.05) is 90.9 Å². The highest BCUT2D eigenvalue weighted by Crippen LogP contribution is 2.23. The summed E-state index contributed by atoms with van der Waals surface area (Å²) in [5.41, 5.74) is 4.17.